The van der Waals surface area contributed by atoms with Crippen LogP contribution in [-0.2, 0) is 9.59 Å². The molecule has 0 bridgehead atoms. The number of carbonyl (C=O) groups excluding carboxylic acids is 2. The van der Waals surface area contributed by atoms with Gasteiger partial charge in [-0.05, 0) is 17.7 Å². The zero-order valence-corrected chi connectivity index (χ0v) is 14.2. The van der Waals surface area contributed by atoms with Crippen LogP contribution in [0.5, 0.6) is 0 Å². The van der Waals surface area contributed by atoms with E-state index >= 15 is 0 Å². The lowest BCUT2D eigenvalue weighted by atomic mass is 10.0. The predicted molar refractivity (Wildman–Crippen MR) is 91.3 cm³/mol. The number of benzene rings is 1. The molecule has 6 nitrogen and oxygen atoms in total. The Labute approximate surface area is 142 Å². The van der Waals surface area contributed by atoms with E-state index in [1.54, 1.807) is 27.4 Å². The fourth-order valence-electron chi connectivity index (χ4n) is 2.24. The third-order valence-electron chi connectivity index (χ3n) is 3.72. The Kier molecular flexibility index (Phi) is 6.14. The van der Waals surface area contributed by atoms with Crippen molar-refractivity contribution in [1.29, 1.82) is 0 Å². The van der Waals surface area contributed by atoms with Crippen molar-refractivity contribution in [3.8, 4) is 0 Å². The molecule has 2 amide bonds. The van der Waals surface area contributed by atoms with E-state index in [4.69, 9.17) is 4.42 Å². The van der Waals surface area contributed by atoms with Crippen LogP contribution in [0.4, 0.5) is 0 Å². The van der Waals surface area contributed by atoms with Crippen molar-refractivity contribution in [2.75, 3.05) is 34.2 Å². The third-order valence-corrected chi connectivity index (χ3v) is 3.72. The maximum absolute atomic E-state index is 12.3. The first-order chi connectivity index (χ1) is 11.5. The number of amides is 2. The Bertz CT molecular complexity index is 653. The van der Waals surface area contributed by atoms with Gasteiger partial charge in [0, 0.05) is 21.1 Å². The van der Waals surface area contributed by atoms with Gasteiger partial charge in [0.2, 0.25) is 11.8 Å². The highest BCUT2D eigenvalue weighted by molar-refractivity contribution is 5.85. The number of rotatable bonds is 7. The van der Waals surface area contributed by atoms with Crippen LogP contribution in [-0.4, -0.2) is 55.8 Å². The Morgan fingerprint density at radius 1 is 1.04 bits per heavy atom. The molecule has 24 heavy (non-hydrogen) atoms. The lowest BCUT2D eigenvalue weighted by Crippen LogP contribution is -2.42. The van der Waals surface area contributed by atoms with Crippen LogP contribution >= 0.6 is 0 Å². The van der Waals surface area contributed by atoms with Gasteiger partial charge in [0.05, 0.1) is 25.4 Å². The van der Waals surface area contributed by atoms with E-state index in [0.29, 0.717) is 0 Å². The van der Waals surface area contributed by atoms with Gasteiger partial charge in [0.15, 0.2) is 0 Å². The van der Waals surface area contributed by atoms with Crippen molar-refractivity contribution >= 4 is 11.8 Å². The second-order valence-electron chi connectivity index (χ2n) is 5.78. The van der Waals surface area contributed by atoms with Crippen LogP contribution < -0.4 is 5.32 Å². The zero-order chi connectivity index (χ0) is 17.5. The molecule has 0 saturated carbocycles. The largest absolute Gasteiger partial charge is 0.467 e. The van der Waals surface area contributed by atoms with Gasteiger partial charge in [0.1, 0.15) is 5.76 Å². The van der Waals surface area contributed by atoms with Crippen LogP contribution in [0.15, 0.2) is 53.1 Å². The minimum atomic E-state index is -0.219. The minimum Gasteiger partial charge on any atom is -0.467 e. The van der Waals surface area contributed by atoms with Crippen LogP contribution in [0.25, 0.3) is 0 Å². The fraction of sp³-hybridized carbons (Fsp3) is 0.333. The van der Waals surface area contributed by atoms with Crippen molar-refractivity contribution in [3.05, 3.63) is 60.1 Å². The van der Waals surface area contributed by atoms with Crippen LogP contribution in [0, 0.1) is 0 Å². The summed E-state index contributed by atoms with van der Waals surface area (Å²) in [7, 11) is 4.96. The molecule has 128 valence electrons. The topological polar surface area (TPSA) is 65.8 Å². The molecule has 0 spiro atoms. The Balaban J connectivity index is 2.01. The van der Waals surface area contributed by atoms with Gasteiger partial charge in [-0.25, -0.2) is 0 Å². The van der Waals surface area contributed by atoms with E-state index in [-0.39, 0.29) is 30.9 Å². The van der Waals surface area contributed by atoms with Crippen molar-refractivity contribution in [3.63, 3.8) is 0 Å². The first kappa shape index (κ1) is 17.7. The molecule has 0 radical (unpaired) electrons. The van der Waals surface area contributed by atoms with E-state index in [2.05, 4.69) is 5.32 Å². The first-order valence-corrected chi connectivity index (χ1v) is 7.75. The number of likely N-dealkylation sites (N-methyl/N-ethyl adjacent to an activating group) is 2. The van der Waals surface area contributed by atoms with E-state index in [9.17, 15) is 9.59 Å². The Morgan fingerprint density at radius 2 is 1.75 bits per heavy atom. The normalized spacial score (nSPS) is 11.8. The van der Waals surface area contributed by atoms with Gasteiger partial charge < -0.3 is 14.2 Å². The van der Waals surface area contributed by atoms with Gasteiger partial charge in [-0.1, -0.05) is 30.3 Å². The second-order valence-corrected chi connectivity index (χ2v) is 5.78. The molecule has 1 N–H and O–H groups in total. The van der Waals surface area contributed by atoms with Crippen molar-refractivity contribution in [2.24, 2.45) is 0 Å². The lowest BCUT2D eigenvalue weighted by molar-refractivity contribution is -0.137. The van der Waals surface area contributed by atoms with Crippen LogP contribution in [0.2, 0.25) is 0 Å². The van der Waals surface area contributed by atoms with Crippen molar-refractivity contribution in [2.45, 2.75) is 6.04 Å². The van der Waals surface area contributed by atoms with Gasteiger partial charge in [-0.2, -0.15) is 0 Å². The molecule has 1 atom stereocenters. The SMILES string of the molecule is CN(C)C(=O)CN(C)C(=O)CN[C@@H](c1ccccc1)c1ccco1. The van der Waals surface area contributed by atoms with Gasteiger partial charge in [-0.3, -0.25) is 14.9 Å². The number of hydrogen-bond acceptors (Lipinski definition) is 4. The molecule has 2 rings (SSSR count). The summed E-state index contributed by atoms with van der Waals surface area (Å²) in [5.74, 6) is 0.468. The second kappa shape index (κ2) is 8.31. The average Bonchev–Trinajstić information content (AvgIpc) is 3.10. The zero-order valence-electron chi connectivity index (χ0n) is 14.2. The summed E-state index contributed by atoms with van der Waals surface area (Å²) in [6.45, 7) is 0.168. The van der Waals surface area contributed by atoms with Gasteiger partial charge in [-0.15, -0.1) is 0 Å². The fourth-order valence-corrected chi connectivity index (χ4v) is 2.24. The Hall–Kier alpha value is -2.60. The van der Waals surface area contributed by atoms with Gasteiger partial charge in [0.25, 0.3) is 0 Å². The standard InChI is InChI=1S/C18H23N3O3/c1-20(2)17(23)13-21(3)16(22)12-19-18(15-10-7-11-24-15)14-8-5-4-6-9-14/h4-11,18-19H,12-13H2,1-3H3/t18-/m0/s1. The highest BCUT2D eigenvalue weighted by atomic mass is 16.3. The van der Waals surface area contributed by atoms with Crippen LogP contribution in [0.3, 0.4) is 0 Å². The van der Waals surface area contributed by atoms with E-state index < -0.39 is 0 Å². The highest BCUT2D eigenvalue weighted by Gasteiger charge is 2.19. The summed E-state index contributed by atoms with van der Waals surface area (Å²) < 4.78 is 5.49. The number of carbonyl (C=O) groups is 2. The predicted octanol–water partition coefficient (Wildman–Crippen LogP) is 1.51. The molecule has 0 aliphatic rings. The minimum absolute atomic E-state index is 0.0598. The van der Waals surface area contributed by atoms with Crippen molar-refractivity contribution in [1.82, 2.24) is 15.1 Å². The highest BCUT2D eigenvalue weighted by Crippen LogP contribution is 2.22. The number of furan rings is 1. The van der Waals surface area contributed by atoms with Gasteiger partial charge >= 0.3 is 0 Å². The molecule has 1 heterocycles. The molecule has 1 aromatic heterocycles. The summed E-state index contributed by atoms with van der Waals surface area (Å²) >= 11 is 0. The molecular formula is C18H23N3O3. The Morgan fingerprint density at radius 3 is 2.33 bits per heavy atom. The summed E-state index contributed by atoms with van der Waals surface area (Å²) in [6, 6.07) is 13.2. The monoisotopic (exact) mass is 329 g/mol. The molecule has 6 heteroatoms. The maximum atomic E-state index is 12.3. The smallest absolute Gasteiger partial charge is 0.241 e. The number of nitrogens with zero attached hydrogens (tertiary/aromatic N) is 2. The molecule has 0 fully saturated rings. The molecule has 0 aliphatic heterocycles. The number of nitrogens with one attached hydrogen (secondary N) is 1. The summed E-state index contributed by atoms with van der Waals surface area (Å²) in [5.41, 5.74) is 1.01. The average molecular weight is 329 g/mol. The molecule has 0 unspecified atom stereocenters. The quantitative estimate of drug-likeness (QED) is 0.836. The van der Waals surface area contributed by atoms with Crippen molar-refractivity contribution < 1.29 is 14.0 Å². The number of hydrogen-bond donors (Lipinski definition) is 1. The van der Waals surface area contributed by atoms with E-state index in [1.807, 2.05) is 42.5 Å². The lowest BCUT2D eigenvalue weighted by Gasteiger charge is -2.22. The first-order valence-electron chi connectivity index (χ1n) is 7.75. The van der Waals surface area contributed by atoms with Crippen LogP contribution in [0.1, 0.15) is 17.4 Å². The molecule has 0 saturated heterocycles. The summed E-state index contributed by atoms with van der Waals surface area (Å²) in [6.07, 6.45) is 1.61. The molecule has 1 aromatic carbocycles. The molecular weight excluding hydrogens is 306 g/mol. The van der Waals surface area contributed by atoms with E-state index in [1.165, 1.54) is 9.80 Å². The molecule has 2 aromatic rings. The third kappa shape index (κ3) is 4.70. The van der Waals surface area contributed by atoms with E-state index in [0.717, 1.165) is 11.3 Å². The molecule has 0 aliphatic carbocycles. The summed E-state index contributed by atoms with van der Waals surface area (Å²) in [4.78, 5) is 26.9. The maximum Gasteiger partial charge on any atom is 0.241 e. The summed E-state index contributed by atoms with van der Waals surface area (Å²) in [5, 5.41) is 3.21.